The van der Waals surface area contributed by atoms with Crippen LogP contribution in [-0.4, -0.2) is 35.1 Å². The molecule has 0 radical (unpaired) electrons. The maximum Gasteiger partial charge on any atom is 0.335 e. The standard InChI is InChI=1S/C18H23N5O.O2S/c1-11(2)16-10-19-23-17(16)21-13(4)22-18(23)20-12(3)14-7-6-8-15(9-14)24-5;1-3-2/h6-12H,1-5H3,(H,20,21,22);/t12-;/m0./s1. The summed E-state index contributed by atoms with van der Waals surface area (Å²) in [5.41, 5.74) is 3.10. The summed E-state index contributed by atoms with van der Waals surface area (Å²) in [6, 6.07) is 8.06. The Kier molecular flexibility index (Phi) is 7.00. The molecule has 0 saturated heterocycles. The molecule has 1 N–H and O–H groups in total. The Morgan fingerprint density at radius 3 is 2.52 bits per heavy atom. The molecule has 0 spiro atoms. The van der Waals surface area contributed by atoms with Gasteiger partial charge in [0.1, 0.15) is 11.6 Å². The van der Waals surface area contributed by atoms with E-state index in [1.165, 1.54) is 0 Å². The van der Waals surface area contributed by atoms with E-state index in [1.54, 1.807) is 11.6 Å². The molecule has 0 aliphatic heterocycles. The van der Waals surface area contributed by atoms with Crippen LogP contribution in [0.2, 0.25) is 0 Å². The van der Waals surface area contributed by atoms with Crippen LogP contribution in [0.25, 0.3) is 5.65 Å². The molecule has 3 aromatic rings. The molecule has 0 fully saturated rings. The molecule has 0 bridgehead atoms. The number of ether oxygens (including phenoxy) is 1. The van der Waals surface area contributed by atoms with Crippen LogP contribution in [0.15, 0.2) is 30.5 Å². The van der Waals surface area contributed by atoms with Gasteiger partial charge in [-0.1, -0.05) is 26.0 Å². The summed E-state index contributed by atoms with van der Waals surface area (Å²) in [5.74, 6) is 2.62. The summed E-state index contributed by atoms with van der Waals surface area (Å²) in [7, 11) is 1.67. The van der Waals surface area contributed by atoms with Gasteiger partial charge in [0.25, 0.3) is 0 Å². The minimum absolute atomic E-state index is 0.0595. The van der Waals surface area contributed by atoms with Crippen molar-refractivity contribution < 1.29 is 13.2 Å². The third kappa shape index (κ3) is 4.88. The van der Waals surface area contributed by atoms with Crippen molar-refractivity contribution in [3.8, 4) is 5.75 Å². The average molecular weight is 389 g/mol. The summed E-state index contributed by atoms with van der Waals surface area (Å²) < 4.78 is 23.7. The van der Waals surface area contributed by atoms with Crippen LogP contribution >= 0.6 is 0 Å². The SMILES string of the molecule is COc1cccc([C@H](C)Nc2nc(C)nc3c(C(C)C)cnn23)c1.O=S=O. The van der Waals surface area contributed by atoms with Gasteiger partial charge in [0, 0.05) is 5.56 Å². The smallest absolute Gasteiger partial charge is 0.335 e. The second-order valence-corrected chi connectivity index (χ2v) is 6.43. The van der Waals surface area contributed by atoms with Gasteiger partial charge in [0.15, 0.2) is 5.65 Å². The Bertz CT molecular complexity index is 951. The van der Waals surface area contributed by atoms with Crippen LogP contribution in [0.1, 0.15) is 49.7 Å². The fourth-order valence-electron chi connectivity index (χ4n) is 2.69. The second kappa shape index (κ2) is 9.22. The van der Waals surface area contributed by atoms with Gasteiger partial charge in [-0.05, 0) is 37.5 Å². The van der Waals surface area contributed by atoms with Crippen LogP contribution in [0, 0.1) is 6.92 Å². The monoisotopic (exact) mass is 389 g/mol. The summed E-state index contributed by atoms with van der Waals surface area (Å²) in [4.78, 5) is 9.08. The Morgan fingerprint density at radius 1 is 1.19 bits per heavy atom. The van der Waals surface area contributed by atoms with E-state index in [0.29, 0.717) is 11.9 Å². The zero-order valence-corrected chi connectivity index (χ0v) is 16.8. The molecule has 0 unspecified atom stereocenters. The Labute approximate surface area is 161 Å². The fraction of sp³-hybridized carbons (Fsp3) is 0.389. The van der Waals surface area contributed by atoms with Crippen molar-refractivity contribution in [2.24, 2.45) is 0 Å². The van der Waals surface area contributed by atoms with Gasteiger partial charge >= 0.3 is 11.6 Å². The first-order valence-corrected chi connectivity index (χ1v) is 9.12. The second-order valence-electron chi connectivity index (χ2n) is 6.30. The lowest BCUT2D eigenvalue weighted by molar-refractivity contribution is 0.414. The summed E-state index contributed by atoms with van der Waals surface area (Å²) in [5, 5.41) is 7.91. The quantitative estimate of drug-likeness (QED) is 0.716. The minimum atomic E-state index is -0.750. The molecule has 3 rings (SSSR count). The predicted molar refractivity (Wildman–Crippen MR) is 104 cm³/mol. The molecule has 1 atom stereocenters. The molecule has 0 aliphatic carbocycles. The van der Waals surface area contributed by atoms with Gasteiger partial charge in [-0.2, -0.15) is 23.0 Å². The summed E-state index contributed by atoms with van der Waals surface area (Å²) >= 11 is -0.750. The van der Waals surface area contributed by atoms with E-state index >= 15 is 0 Å². The first-order valence-electron chi connectivity index (χ1n) is 8.45. The molecule has 0 saturated carbocycles. The number of benzene rings is 1. The molecule has 144 valence electrons. The van der Waals surface area contributed by atoms with E-state index < -0.39 is 11.6 Å². The van der Waals surface area contributed by atoms with Crippen molar-refractivity contribution in [2.45, 2.75) is 39.7 Å². The normalized spacial score (nSPS) is 11.6. The van der Waals surface area contributed by atoms with Crippen molar-refractivity contribution >= 4 is 23.2 Å². The number of nitrogens with zero attached hydrogens (tertiary/aromatic N) is 4. The maximum absolute atomic E-state index is 8.29. The highest BCUT2D eigenvalue weighted by molar-refractivity contribution is 7.51. The van der Waals surface area contributed by atoms with Crippen molar-refractivity contribution in [3.63, 3.8) is 0 Å². The van der Waals surface area contributed by atoms with Gasteiger partial charge in [-0.25, -0.2) is 4.98 Å². The van der Waals surface area contributed by atoms with Crippen molar-refractivity contribution in [1.82, 2.24) is 19.6 Å². The molecule has 2 heterocycles. The van der Waals surface area contributed by atoms with E-state index in [2.05, 4.69) is 47.2 Å². The van der Waals surface area contributed by atoms with E-state index in [4.69, 9.17) is 13.2 Å². The first-order chi connectivity index (χ1) is 12.9. The molecule has 2 aromatic heterocycles. The fourth-order valence-corrected chi connectivity index (χ4v) is 2.69. The van der Waals surface area contributed by atoms with Crippen LogP contribution < -0.4 is 10.1 Å². The van der Waals surface area contributed by atoms with Crippen LogP contribution in [0.5, 0.6) is 5.75 Å². The lowest BCUT2D eigenvalue weighted by atomic mass is 10.1. The highest BCUT2D eigenvalue weighted by Gasteiger charge is 2.16. The number of methoxy groups -OCH3 is 1. The van der Waals surface area contributed by atoms with Gasteiger partial charge in [0.2, 0.25) is 5.95 Å². The van der Waals surface area contributed by atoms with Crippen LogP contribution in [0.3, 0.4) is 0 Å². The third-order valence-electron chi connectivity index (χ3n) is 4.07. The van der Waals surface area contributed by atoms with E-state index in [1.807, 2.05) is 31.3 Å². The zero-order valence-electron chi connectivity index (χ0n) is 16.0. The Hall–Kier alpha value is -2.81. The zero-order chi connectivity index (χ0) is 20.0. The first kappa shape index (κ1) is 20.5. The number of aryl methyl sites for hydroxylation is 1. The third-order valence-corrected chi connectivity index (χ3v) is 4.07. The number of aromatic nitrogens is 4. The van der Waals surface area contributed by atoms with E-state index in [9.17, 15) is 0 Å². The number of hydrogen-bond acceptors (Lipinski definition) is 7. The van der Waals surface area contributed by atoms with Crippen molar-refractivity contribution in [3.05, 3.63) is 47.4 Å². The lowest BCUT2D eigenvalue weighted by Gasteiger charge is -2.16. The topological polar surface area (TPSA) is 98.5 Å². The molecule has 0 amide bonds. The van der Waals surface area contributed by atoms with Crippen LogP contribution in [-0.2, 0) is 11.6 Å². The molecule has 1 aromatic carbocycles. The van der Waals surface area contributed by atoms with Crippen molar-refractivity contribution in [1.29, 1.82) is 0 Å². The Morgan fingerprint density at radius 2 is 1.89 bits per heavy atom. The van der Waals surface area contributed by atoms with Gasteiger partial charge < -0.3 is 10.1 Å². The largest absolute Gasteiger partial charge is 0.497 e. The molecule has 9 heteroatoms. The number of fused-ring (bicyclic) bond motifs is 1. The summed E-state index contributed by atoms with van der Waals surface area (Å²) in [6.07, 6.45) is 1.87. The number of rotatable bonds is 5. The van der Waals surface area contributed by atoms with Crippen molar-refractivity contribution in [2.75, 3.05) is 12.4 Å². The highest BCUT2D eigenvalue weighted by Crippen LogP contribution is 2.24. The molecule has 27 heavy (non-hydrogen) atoms. The number of nitrogens with one attached hydrogen (secondary N) is 1. The highest BCUT2D eigenvalue weighted by atomic mass is 32.1. The predicted octanol–water partition coefficient (Wildman–Crippen LogP) is 3.07. The summed E-state index contributed by atoms with van der Waals surface area (Å²) in [6.45, 7) is 8.27. The minimum Gasteiger partial charge on any atom is -0.497 e. The number of hydrogen-bond donors (Lipinski definition) is 1. The van der Waals surface area contributed by atoms with Gasteiger partial charge in [-0.3, -0.25) is 0 Å². The Balaban J connectivity index is 0.000000817. The molecular formula is C18H23N5O3S. The van der Waals surface area contributed by atoms with Gasteiger partial charge in [-0.15, -0.1) is 0 Å². The van der Waals surface area contributed by atoms with Gasteiger partial charge in [0.05, 0.1) is 19.3 Å². The van der Waals surface area contributed by atoms with Crippen LogP contribution in [0.4, 0.5) is 5.95 Å². The molecular weight excluding hydrogens is 366 g/mol. The van der Waals surface area contributed by atoms with E-state index in [0.717, 1.165) is 28.3 Å². The maximum atomic E-state index is 8.29. The van der Waals surface area contributed by atoms with E-state index in [-0.39, 0.29) is 6.04 Å². The number of anilines is 1. The molecule has 8 nitrogen and oxygen atoms in total. The molecule has 0 aliphatic rings. The lowest BCUT2D eigenvalue weighted by Crippen LogP contribution is -2.13. The average Bonchev–Trinajstić information content (AvgIpc) is 3.06.